The second kappa shape index (κ2) is 6.41. The van der Waals surface area contributed by atoms with Crippen LogP contribution in [0.4, 0.5) is 0 Å². The van der Waals surface area contributed by atoms with Gasteiger partial charge in [0.1, 0.15) is 4.21 Å². The minimum atomic E-state index is -3.41. The highest BCUT2D eigenvalue weighted by Gasteiger charge is 2.31. The summed E-state index contributed by atoms with van der Waals surface area (Å²) in [5, 5.41) is 3.57. The summed E-state index contributed by atoms with van der Waals surface area (Å²) < 4.78 is 27.6. The van der Waals surface area contributed by atoms with E-state index >= 15 is 0 Å². The van der Waals surface area contributed by atoms with Crippen molar-refractivity contribution in [2.75, 3.05) is 26.7 Å². The van der Waals surface area contributed by atoms with Gasteiger partial charge in [0.25, 0.3) is 10.0 Å². The van der Waals surface area contributed by atoms with E-state index in [4.69, 9.17) is 11.6 Å². The number of rotatable bonds is 4. The van der Waals surface area contributed by atoms with Gasteiger partial charge in [-0.1, -0.05) is 11.6 Å². The molecule has 0 amide bonds. The van der Waals surface area contributed by atoms with Gasteiger partial charge in [0.15, 0.2) is 0 Å². The number of halogens is 2. The van der Waals surface area contributed by atoms with Crippen molar-refractivity contribution in [3.8, 4) is 0 Å². The summed E-state index contributed by atoms with van der Waals surface area (Å²) in [6.45, 7) is 2.02. The Kier molecular flexibility index (Phi) is 5.30. The number of nitrogens with one attached hydrogen (secondary N) is 1. The number of nitrogens with zero attached hydrogens (tertiary/aromatic N) is 1. The molecular weight excluding hydrogens is 372 g/mol. The molecule has 1 aliphatic heterocycles. The summed E-state index contributed by atoms with van der Waals surface area (Å²) in [6, 6.07) is 1.52. The van der Waals surface area contributed by atoms with Gasteiger partial charge in [0, 0.05) is 13.1 Å². The lowest BCUT2D eigenvalue weighted by molar-refractivity contribution is 0.264. The zero-order chi connectivity index (χ0) is 14.0. The first kappa shape index (κ1) is 15.7. The van der Waals surface area contributed by atoms with Crippen LogP contribution in [0.2, 0.25) is 5.02 Å². The maximum Gasteiger partial charge on any atom is 0.252 e. The van der Waals surface area contributed by atoms with Crippen molar-refractivity contribution < 1.29 is 8.42 Å². The molecule has 4 nitrogen and oxygen atoms in total. The lowest BCUT2D eigenvalue weighted by Gasteiger charge is -2.31. The summed E-state index contributed by atoms with van der Waals surface area (Å²) in [4.78, 5) is 0. The molecule has 8 heteroatoms. The Morgan fingerprint density at radius 1 is 1.63 bits per heavy atom. The summed E-state index contributed by atoms with van der Waals surface area (Å²) >= 11 is 10.4. The molecule has 1 atom stereocenters. The third kappa shape index (κ3) is 3.51. The minimum Gasteiger partial charge on any atom is -0.319 e. The lowest BCUT2D eigenvalue weighted by Crippen LogP contribution is -2.42. The van der Waals surface area contributed by atoms with Crippen molar-refractivity contribution in [1.82, 2.24) is 9.62 Å². The summed E-state index contributed by atoms with van der Waals surface area (Å²) in [5.74, 6) is 0.382. The van der Waals surface area contributed by atoms with Crippen molar-refractivity contribution in [2.45, 2.75) is 17.1 Å². The molecule has 1 N–H and O–H groups in total. The molecule has 0 aromatic carbocycles. The molecule has 0 spiro atoms. The fraction of sp³-hybridized carbons (Fsp3) is 0.636. The van der Waals surface area contributed by atoms with Gasteiger partial charge in [-0.3, -0.25) is 0 Å². The normalized spacial score (nSPS) is 21.7. The van der Waals surface area contributed by atoms with Crippen LogP contribution in [0, 0.1) is 5.92 Å². The first-order valence-electron chi connectivity index (χ1n) is 6.04. The summed E-state index contributed by atoms with van der Waals surface area (Å²) in [6.07, 6.45) is 1.98. The third-order valence-electron chi connectivity index (χ3n) is 3.19. The third-order valence-corrected chi connectivity index (χ3v) is 7.98. The highest BCUT2D eigenvalue weighted by Crippen LogP contribution is 2.36. The smallest absolute Gasteiger partial charge is 0.252 e. The van der Waals surface area contributed by atoms with Gasteiger partial charge in [0.2, 0.25) is 0 Å². The quantitative estimate of drug-likeness (QED) is 0.864. The van der Waals surface area contributed by atoms with Crippen LogP contribution in [-0.2, 0) is 10.0 Å². The second-order valence-electron chi connectivity index (χ2n) is 4.62. The topological polar surface area (TPSA) is 49.4 Å². The van der Waals surface area contributed by atoms with E-state index in [1.54, 1.807) is 4.31 Å². The Labute approximate surface area is 131 Å². The van der Waals surface area contributed by atoms with Crippen LogP contribution < -0.4 is 5.32 Å². The molecule has 1 aliphatic rings. The summed E-state index contributed by atoms with van der Waals surface area (Å²) in [7, 11) is -1.51. The first-order valence-corrected chi connectivity index (χ1v) is 9.47. The van der Waals surface area contributed by atoms with Gasteiger partial charge in [-0.05, 0) is 54.3 Å². The van der Waals surface area contributed by atoms with Gasteiger partial charge in [-0.2, -0.15) is 4.31 Å². The van der Waals surface area contributed by atoms with E-state index in [-0.39, 0.29) is 0 Å². The van der Waals surface area contributed by atoms with Crippen molar-refractivity contribution in [2.24, 2.45) is 5.92 Å². The Balaban J connectivity index is 2.19. The van der Waals surface area contributed by atoms with E-state index in [2.05, 4.69) is 21.2 Å². The van der Waals surface area contributed by atoms with Crippen molar-refractivity contribution >= 4 is 48.9 Å². The Morgan fingerprint density at radius 2 is 2.37 bits per heavy atom. The number of sulfonamides is 1. The number of piperidine rings is 1. The molecule has 0 bridgehead atoms. The van der Waals surface area contributed by atoms with E-state index in [0.29, 0.717) is 32.0 Å². The molecule has 1 saturated heterocycles. The fourth-order valence-corrected chi connectivity index (χ4v) is 6.39. The molecule has 0 aliphatic carbocycles. The zero-order valence-electron chi connectivity index (χ0n) is 10.5. The predicted octanol–water partition coefficient (Wildman–Crippen LogP) is 2.78. The van der Waals surface area contributed by atoms with Crippen LogP contribution in [0.25, 0.3) is 0 Å². The van der Waals surface area contributed by atoms with Crippen LogP contribution >= 0.6 is 38.9 Å². The largest absolute Gasteiger partial charge is 0.319 e. The molecule has 0 saturated carbocycles. The second-order valence-corrected chi connectivity index (χ2v) is 9.56. The standard InChI is InChI=1S/C11H16BrClN2O2S2/c1-14-6-8-3-2-4-15(7-8)19(16,17)10-5-9(13)11(12)18-10/h5,8,14H,2-4,6-7H2,1H3. The first-order chi connectivity index (χ1) is 8.95. The maximum absolute atomic E-state index is 12.5. The van der Waals surface area contributed by atoms with E-state index in [1.165, 1.54) is 17.4 Å². The van der Waals surface area contributed by atoms with Crippen LogP contribution in [0.5, 0.6) is 0 Å². The molecule has 108 valence electrons. The fourth-order valence-electron chi connectivity index (χ4n) is 2.28. The van der Waals surface area contributed by atoms with Crippen LogP contribution in [-0.4, -0.2) is 39.4 Å². The number of hydrogen-bond acceptors (Lipinski definition) is 4. The van der Waals surface area contributed by atoms with Crippen molar-refractivity contribution in [3.05, 3.63) is 14.9 Å². The molecule has 2 heterocycles. The molecule has 1 unspecified atom stereocenters. The lowest BCUT2D eigenvalue weighted by atomic mass is 10.00. The number of thiophene rings is 1. The molecule has 2 rings (SSSR count). The minimum absolute atomic E-state index is 0.314. The molecule has 0 radical (unpaired) electrons. The summed E-state index contributed by atoms with van der Waals surface area (Å²) in [5.41, 5.74) is 0. The Bertz CT molecular complexity index is 525. The SMILES string of the molecule is CNCC1CCCN(S(=O)(=O)c2cc(Cl)c(Br)s2)C1. The van der Waals surface area contributed by atoms with E-state index < -0.39 is 10.0 Å². The molecule has 1 fully saturated rings. The van der Waals surface area contributed by atoms with Crippen LogP contribution in [0.3, 0.4) is 0 Å². The number of hydrogen-bond donors (Lipinski definition) is 1. The highest BCUT2D eigenvalue weighted by atomic mass is 79.9. The molecular formula is C11H16BrClN2O2S2. The van der Waals surface area contributed by atoms with Crippen LogP contribution in [0.15, 0.2) is 14.1 Å². The average Bonchev–Trinajstić information content (AvgIpc) is 2.71. The van der Waals surface area contributed by atoms with Gasteiger partial charge >= 0.3 is 0 Å². The van der Waals surface area contributed by atoms with E-state index in [1.807, 2.05) is 7.05 Å². The average molecular weight is 388 g/mol. The van der Waals surface area contributed by atoms with Gasteiger partial charge < -0.3 is 5.32 Å². The van der Waals surface area contributed by atoms with Gasteiger partial charge in [0.05, 0.1) is 8.81 Å². The van der Waals surface area contributed by atoms with Crippen LogP contribution in [0.1, 0.15) is 12.8 Å². The predicted molar refractivity (Wildman–Crippen MR) is 82.4 cm³/mol. The van der Waals surface area contributed by atoms with Gasteiger partial charge in [-0.25, -0.2) is 8.42 Å². The van der Waals surface area contributed by atoms with Crippen molar-refractivity contribution in [1.29, 1.82) is 0 Å². The Morgan fingerprint density at radius 3 is 2.95 bits per heavy atom. The van der Waals surface area contributed by atoms with E-state index in [0.717, 1.165) is 19.4 Å². The molecule has 19 heavy (non-hydrogen) atoms. The van der Waals surface area contributed by atoms with Crippen molar-refractivity contribution in [3.63, 3.8) is 0 Å². The van der Waals surface area contributed by atoms with E-state index in [9.17, 15) is 8.42 Å². The molecule has 1 aromatic rings. The monoisotopic (exact) mass is 386 g/mol. The Hall–Kier alpha value is 0.340. The molecule has 1 aromatic heterocycles. The maximum atomic E-state index is 12.5. The zero-order valence-corrected chi connectivity index (χ0v) is 14.5. The van der Waals surface area contributed by atoms with Gasteiger partial charge in [-0.15, -0.1) is 11.3 Å². The highest BCUT2D eigenvalue weighted by molar-refractivity contribution is 9.11.